The van der Waals surface area contributed by atoms with Crippen molar-refractivity contribution in [3.8, 4) is 0 Å². The molecule has 6 N–H and O–H groups in total. The Balaban J connectivity index is -0.000000344. The minimum absolute atomic E-state index is 0.375. The van der Waals surface area contributed by atoms with Crippen molar-refractivity contribution in [2.45, 2.75) is 64.6 Å². The Bertz CT molecular complexity index is 367. The highest BCUT2D eigenvalue weighted by Crippen LogP contribution is 1.97. The lowest BCUT2D eigenvalue weighted by molar-refractivity contribution is -0.144. The van der Waals surface area contributed by atoms with Crippen LogP contribution in [-0.2, 0) is 14.2 Å². The second kappa shape index (κ2) is 24.3. The molecule has 9 nitrogen and oxygen atoms in total. The van der Waals surface area contributed by atoms with Gasteiger partial charge in [0.2, 0.25) is 0 Å². The first-order valence-electron chi connectivity index (χ1n) is 8.50. The quantitative estimate of drug-likeness (QED) is 0.158. The van der Waals surface area contributed by atoms with Crippen LogP contribution in [0.1, 0.15) is 52.4 Å². The summed E-state index contributed by atoms with van der Waals surface area (Å²) < 4.78 is 3.69. The van der Waals surface area contributed by atoms with Crippen molar-refractivity contribution >= 4 is 27.3 Å². The maximum atomic E-state index is 10.1. The van der Waals surface area contributed by atoms with E-state index in [4.69, 9.17) is 30.5 Å². The highest BCUT2D eigenvalue weighted by molar-refractivity contribution is 6.32. The van der Waals surface area contributed by atoms with E-state index in [1.165, 1.54) is 12.2 Å². The van der Waals surface area contributed by atoms with E-state index in [1.54, 1.807) is 12.2 Å². The van der Waals surface area contributed by atoms with Crippen molar-refractivity contribution in [2.75, 3.05) is 0 Å². The summed E-state index contributed by atoms with van der Waals surface area (Å²) in [4.78, 5) is 20.1. The van der Waals surface area contributed by atoms with E-state index in [0.717, 1.165) is 38.5 Å². The van der Waals surface area contributed by atoms with Gasteiger partial charge in [-0.2, -0.15) is 0 Å². The molecular formula is C16H30B2O9. The van der Waals surface area contributed by atoms with E-state index in [1.807, 2.05) is 0 Å². The maximum Gasteiger partial charge on any atom is 0.469 e. The van der Waals surface area contributed by atoms with Crippen LogP contribution in [0, 0.1) is 0 Å². The number of unbranched alkanes of at least 4 members (excludes halogenated alkanes) is 4. The number of carbonyl (C=O) groups is 2. The van der Waals surface area contributed by atoms with Crippen molar-refractivity contribution in [1.29, 1.82) is 0 Å². The van der Waals surface area contributed by atoms with Crippen LogP contribution in [0.25, 0.3) is 0 Å². The van der Waals surface area contributed by atoms with E-state index in [0.29, 0.717) is 15.4 Å². The molecule has 0 saturated carbocycles. The van der Waals surface area contributed by atoms with Crippen molar-refractivity contribution in [3.05, 3.63) is 24.3 Å². The summed E-state index contributed by atoms with van der Waals surface area (Å²) in [5.74, 6) is -2.39. The molecule has 0 bridgehead atoms. The summed E-state index contributed by atoms with van der Waals surface area (Å²) >= 11 is 0. The first-order chi connectivity index (χ1) is 12.8. The summed E-state index contributed by atoms with van der Waals surface area (Å²) in [5, 5.41) is 49.0. The molecule has 2 unspecified atom stereocenters. The maximum absolute atomic E-state index is 10.1. The smallest absolute Gasteiger partial charge is 0.469 e. The van der Waals surface area contributed by atoms with Crippen LogP contribution in [0.15, 0.2) is 24.3 Å². The molecular weight excluding hydrogens is 358 g/mol. The molecule has 0 aromatic heterocycles. The largest absolute Gasteiger partial charge is 0.479 e. The third-order valence-electron chi connectivity index (χ3n) is 2.71. The van der Waals surface area contributed by atoms with Crippen molar-refractivity contribution in [3.63, 3.8) is 0 Å². The molecule has 11 heteroatoms. The van der Waals surface area contributed by atoms with Crippen LogP contribution in [0.4, 0.5) is 0 Å². The summed E-state index contributed by atoms with van der Waals surface area (Å²) in [6.07, 6.45) is 9.20. The Morgan fingerprint density at radius 2 is 1.19 bits per heavy atom. The number of rotatable bonds is 12. The molecule has 0 aromatic rings. The molecule has 2 radical (unpaired) electrons. The average Bonchev–Trinajstić information content (AvgIpc) is 2.63. The average molecular weight is 388 g/mol. The Morgan fingerprint density at radius 1 is 0.852 bits per heavy atom. The zero-order valence-corrected chi connectivity index (χ0v) is 15.8. The molecule has 2 atom stereocenters. The minimum atomic E-state index is -1.34. The molecule has 0 fully saturated rings. The molecule has 0 aliphatic carbocycles. The fraction of sp³-hybridized carbons (Fsp3) is 0.625. The van der Waals surface area contributed by atoms with Gasteiger partial charge in [0.15, 0.2) is 12.2 Å². The molecule has 0 spiro atoms. The van der Waals surface area contributed by atoms with Crippen LogP contribution in [0.2, 0.25) is 0 Å². The lowest BCUT2D eigenvalue weighted by Crippen LogP contribution is -2.15. The predicted molar refractivity (Wildman–Crippen MR) is 102 cm³/mol. The number of allylic oxidation sites excluding steroid dienone is 2. The second-order valence-electron chi connectivity index (χ2n) is 5.05. The number of hydrogen-bond donors (Lipinski definition) is 6. The third kappa shape index (κ3) is 29.4. The Morgan fingerprint density at radius 3 is 1.37 bits per heavy atom. The van der Waals surface area contributed by atoms with Gasteiger partial charge < -0.3 is 35.0 Å². The van der Waals surface area contributed by atoms with E-state index in [9.17, 15) is 9.59 Å². The highest BCUT2D eigenvalue weighted by Gasteiger charge is 2.07. The zero-order valence-electron chi connectivity index (χ0n) is 15.8. The molecule has 0 amide bonds. The number of aliphatic hydroxyl groups excluding tert-OH is 2. The minimum Gasteiger partial charge on any atom is -0.479 e. The monoisotopic (exact) mass is 388 g/mol. The van der Waals surface area contributed by atoms with Gasteiger partial charge in [-0.05, 0) is 25.0 Å². The fourth-order valence-electron chi connectivity index (χ4n) is 1.29. The van der Waals surface area contributed by atoms with Crippen molar-refractivity contribution < 1.29 is 44.6 Å². The summed E-state index contributed by atoms with van der Waals surface area (Å²) in [6, 6.07) is 0. The number of carboxylic acids is 2. The second-order valence-corrected chi connectivity index (χ2v) is 5.05. The van der Waals surface area contributed by atoms with E-state index in [-0.39, 0.29) is 0 Å². The zero-order chi connectivity index (χ0) is 21.5. The van der Waals surface area contributed by atoms with Gasteiger partial charge in [0.1, 0.15) is 0 Å². The normalized spacial score (nSPS) is 12.4. The fourth-order valence-corrected chi connectivity index (χ4v) is 1.29. The van der Waals surface area contributed by atoms with Gasteiger partial charge in [0.25, 0.3) is 0 Å². The predicted octanol–water partition coefficient (Wildman–Crippen LogP) is 0.413. The summed E-state index contributed by atoms with van der Waals surface area (Å²) in [5.41, 5.74) is 0. The number of aliphatic hydroxyl groups is 2. The third-order valence-corrected chi connectivity index (χ3v) is 2.71. The SMILES string of the molecule is CCCCC=CC(O)C(=O)O.CCCCC=CC(O)C(=O)O.O[B]O[B]O. The van der Waals surface area contributed by atoms with Crippen LogP contribution < -0.4 is 0 Å². The Labute approximate surface area is 161 Å². The Hall–Kier alpha value is -1.65. The standard InChI is InChI=1S/2C8H14O3.B2H2O3/c2*1-2-3-4-5-6-7(9)8(10)11;3-1-5-2-4/h2*5-7,9H,2-4H2,1H3,(H,10,11);3-4H. The van der Waals surface area contributed by atoms with Gasteiger partial charge in [-0.25, -0.2) is 9.59 Å². The molecule has 0 aromatic carbocycles. The summed E-state index contributed by atoms with van der Waals surface area (Å²) in [7, 11) is 0.750. The van der Waals surface area contributed by atoms with Crippen molar-refractivity contribution in [1.82, 2.24) is 0 Å². The van der Waals surface area contributed by atoms with Gasteiger partial charge in [-0.1, -0.05) is 51.7 Å². The topological polar surface area (TPSA) is 165 Å². The molecule has 0 aliphatic heterocycles. The number of carboxylic acid groups (broad SMARTS) is 2. The molecule has 0 aliphatic rings. The first kappa shape index (κ1) is 30.1. The van der Waals surface area contributed by atoms with Crippen LogP contribution in [0.5, 0.6) is 0 Å². The molecule has 0 rings (SSSR count). The number of aliphatic carboxylic acids is 2. The van der Waals surface area contributed by atoms with Gasteiger partial charge in [0.05, 0.1) is 0 Å². The lowest BCUT2D eigenvalue weighted by atomic mass is 10.2. The molecule has 154 valence electrons. The van der Waals surface area contributed by atoms with Crippen LogP contribution in [-0.4, -0.2) is 70.0 Å². The highest BCUT2D eigenvalue weighted by atomic mass is 16.5. The first-order valence-corrected chi connectivity index (χ1v) is 8.50. The van der Waals surface area contributed by atoms with Gasteiger partial charge in [-0.15, -0.1) is 0 Å². The van der Waals surface area contributed by atoms with Crippen molar-refractivity contribution in [2.24, 2.45) is 0 Å². The van der Waals surface area contributed by atoms with Crippen LogP contribution >= 0.6 is 0 Å². The number of hydrogen-bond acceptors (Lipinski definition) is 7. The molecule has 0 saturated heterocycles. The van der Waals surface area contributed by atoms with Crippen LogP contribution in [0.3, 0.4) is 0 Å². The summed E-state index contributed by atoms with van der Waals surface area (Å²) in [6.45, 7) is 4.11. The van der Waals surface area contributed by atoms with E-state index >= 15 is 0 Å². The molecule has 0 heterocycles. The lowest BCUT2D eigenvalue weighted by Gasteiger charge is -1.95. The van der Waals surface area contributed by atoms with E-state index < -0.39 is 24.1 Å². The van der Waals surface area contributed by atoms with Gasteiger partial charge >= 0.3 is 27.3 Å². The molecule has 27 heavy (non-hydrogen) atoms. The van der Waals surface area contributed by atoms with E-state index in [2.05, 4.69) is 18.4 Å². The van der Waals surface area contributed by atoms with Gasteiger partial charge in [-0.3, -0.25) is 0 Å². The van der Waals surface area contributed by atoms with Gasteiger partial charge in [0, 0.05) is 0 Å². The Kier molecular flexibility index (Phi) is 27.1.